The quantitative estimate of drug-likeness (QED) is 0.868. The number of amides is 1. The highest BCUT2D eigenvalue weighted by molar-refractivity contribution is 6.02. The van der Waals surface area contributed by atoms with Crippen LogP contribution in [0.25, 0.3) is 11.3 Å². The zero-order valence-corrected chi connectivity index (χ0v) is 17.4. The summed E-state index contributed by atoms with van der Waals surface area (Å²) >= 11 is 0. The summed E-state index contributed by atoms with van der Waals surface area (Å²) in [5, 5.41) is 16.6. The molecule has 0 bridgehead atoms. The van der Waals surface area contributed by atoms with Gasteiger partial charge in [-0.15, -0.1) is 0 Å². The standard InChI is InChI=1S/C23H24N4O2/c1-13-6-14(2)20(21(28)7-13)12-25-23(29)19-9-17(10-24)8-18(16(19)4)22-15(3)11-26-27(22)5/h6,8-9,11H,7,12H2,1-5H3,(H,25,29). The van der Waals surface area contributed by atoms with Crippen LogP contribution in [0.3, 0.4) is 0 Å². The van der Waals surface area contributed by atoms with Gasteiger partial charge in [0.05, 0.1) is 23.5 Å². The third kappa shape index (κ3) is 3.90. The van der Waals surface area contributed by atoms with Crippen LogP contribution in [-0.4, -0.2) is 28.0 Å². The SMILES string of the molecule is CC1=CC(C)=C(CNC(=O)c2cc(C#N)cc(-c3c(C)cnn3C)c2C)C(=O)C1. The van der Waals surface area contributed by atoms with Crippen molar-refractivity contribution in [3.05, 3.63) is 63.4 Å². The van der Waals surface area contributed by atoms with Crippen molar-refractivity contribution in [2.24, 2.45) is 7.05 Å². The molecule has 0 spiro atoms. The van der Waals surface area contributed by atoms with Gasteiger partial charge in [0.25, 0.3) is 5.91 Å². The number of nitriles is 1. The maximum atomic E-state index is 13.0. The van der Waals surface area contributed by atoms with E-state index in [-0.39, 0.29) is 18.2 Å². The van der Waals surface area contributed by atoms with E-state index in [0.717, 1.165) is 33.5 Å². The first-order valence-electron chi connectivity index (χ1n) is 9.45. The fourth-order valence-electron chi connectivity index (χ4n) is 3.78. The monoisotopic (exact) mass is 388 g/mol. The first kappa shape index (κ1) is 20.3. The molecule has 1 amide bonds. The number of benzene rings is 1. The molecular weight excluding hydrogens is 364 g/mol. The number of nitrogens with one attached hydrogen (secondary N) is 1. The van der Waals surface area contributed by atoms with E-state index < -0.39 is 0 Å². The minimum atomic E-state index is -0.306. The molecular formula is C23H24N4O2. The summed E-state index contributed by atoms with van der Waals surface area (Å²) in [7, 11) is 1.83. The molecule has 0 atom stereocenters. The Morgan fingerprint density at radius 3 is 2.59 bits per heavy atom. The Balaban J connectivity index is 1.96. The maximum absolute atomic E-state index is 13.0. The molecule has 1 aromatic heterocycles. The predicted octanol–water partition coefficient (Wildman–Crippen LogP) is 3.54. The van der Waals surface area contributed by atoms with Crippen molar-refractivity contribution in [2.45, 2.75) is 34.1 Å². The Labute approximate surface area is 170 Å². The van der Waals surface area contributed by atoms with Crippen LogP contribution < -0.4 is 5.32 Å². The molecule has 1 heterocycles. The van der Waals surface area contributed by atoms with Crippen LogP contribution in [0.2, 0.25) is 0 Å². The van der Waals surface area contributed by atoms with E-state index >= 15 is 0 Å². The number of ketones is 1. The molecule has 6 nitrogen and oxygen atoms in total. The summed E-state index contributed by atoms with van der Waals surface area (Å²) in [5.41, 5.74) is 6.76. The van der Waals surface area contributed by atoms with Crippen LogP contribution in [0.15, 0.2) is 41.1 Å². The number of aryl methyl sites for hydroxylation is 2. The van der Waals surface area contributed by atoms with Gasteiger partial charge in [-0.3, -0.25) is 14.3 Å². The largest absolute Gasteiger partial charge is 0.348 e. The normalized spacial score (nSPS) is 13.9. The van der Waals surface area contributed by atoms with E-state index in [9.17, 15) is 14.9 Å². The van der Waals surface area contributed by atoms with Crippen molar-refractivity contribution in [1.82, 2.24) is 15.1 Å². The van der Waals surface area contributed by atoms with Crippen LogP contribution in [0.1, 0.15) is 47.3 Å². The summed E-state index contributed by atoms with van der Waals surface area (Å²) in [6.07, 6.45) is 4.12. The van der Waals surface area contributed by atoms with E-state index in [1.807, 2.05) is 40.8 Å². The molecule has 0 saturated heterocycles. The van der Waals surface area contributed by atoms with Gasteiger partial charge in [-0.2, -0.15) is 10.4 Å². The minimum Gasteiger partial charge on any atom is -0.348 e. The van der Waals surface area contributed by atoms with Gasteiger partial charge >= 0.3 is 0 Å². The Hall–Kier alpha value is -3.46. The molecule has 6 heteroatoms. The fraction of sp³-hybridized carbons (Fsp3) is 0.304. The number of Topliss-reactive ketones (excluding diaryl/α,β-unsaturated/α-hetero) is 1. The van der Waals surface area contributed by atoms with Crippen molar-refractivity contribution in [2.75, 3.05) is 6.54 Å². The van der Waals surface area contributed by atoms with E-state index in [1.165, 1.54) is 0 Å². The third-order valence-corrected chi connectivity index (χ3v) is 5.30. The zero-order chi connectivity index (χ0) is 21.3. The molecule has 1 aliphatic carbocycles. The molecule has 148 valence electrons. The van der Waals surface area contributed by atoms with Gasteiger partial charge in [0.1, 0.15) is 0 Å². The number of carbonyl (C=O) groups is 2. The summed E-state index contributed by atoms with van der Waals surface area (Å²) in [6.45, 7) is 7.78. The van der Waals surface area contributed by atoms with E-state index in [4.69, 9.17) is 0 Å². The average Bonchev–Trinajstić information content (AvgIpc) is 2.99. The maximum Gasteiger partial charge on any atom is 0.251 e. The number of carbonyl (C=O) groups excluding carboxylic acids is 2. The molecule has 0 aliphatic heterocycles. The van der Waals surface area contributed by atoms with E-state index in [2.05, 4.69) is 16.5 Å². The van der Waals surface area contributed by atoms with Crippen LogP contribution in [0, 0.1) is 25.2 Å². The van der Waals surface area contributed by atoms with E-state index in [1.54, 1.807) is 23.0 Å². The Bertz CT molecular complexity index is 1110. The number of hydrogen-bond donors (Lipinski definition) is 1. The molecule has 0 unspecified atom stereocenters. The van der Waals surface area contributed by atoms with Gasteiger partial charge in [-0.05, 0) is 56.5 Å². The smallest absolute Gasteiger partial charge is 0.251 e. The number of allylic oxidation sites excluding steroid dienone is 3. The van der Waals surface area contributed by atoms with Crippen molar-refractivity contribution in [3.63, 3.8) is 0 Å². The van der Waals surface area contributed by atoms with Gasteiger partial charge in [-0.1, -0.05) is 11.6 Å². The summed E-state index contributed by atoms with van der Waals surface area (Å²) in [4.78, 5) is 25.3. The lowest BCUT2D eigenvalue weighted by molar-refractivity contribution is -0.115. The molecule has 1 aromatic carbocycles. The number of hydrogen-bond acceptors (Lipinski definition) is 4. The highest BCUT2D eigenvalue weighted by Crippen LogP contribution is 2.29. The molecule has 0 radical (unpaired) electrons. The van der Waals surface area contributed by atoms with Crippen LogP contribution >= 0.6 is 0 Å². The highest BCUT2D eigenvalue weighted by Gasteiger charge is 2.21. The molecule has 0 fully saturated rings. The van der Waals surface area contributed by atoms with Gasteiger partial charge < -0.3 is 5.32 Å². The van der Waals surface area contributed by atoms with Crippen molar-refractivity contribution < 1.29 is 9.59 Å². The fourth-order valence-corrected chi connectivity index (χ4v) is 3.78. The lowest BCUT2D eigenvalue weighted by Crippen LogP contribution is -2.30. The lowest BCUT2D eigenvalue weighted by Gasteiger charge is -2.17. The van der Waals surface area contributed by atoms with Gasteiger partial charge in [0.2, 0.25) is 0 Å². The van der Waals surface area contributed by atoms with Crippen LogP contribution in [-0.2, 0) is 11.8 Å². The van der Waals surface area contributed by atoms with Crippen molar-refractivity contribution in [3.8, 4) is 17.3 Å². The Morgan fingerprint density at radius 2 is 2.00 bits per heavy atom. The predicted molar refractivity (Wildman–Crippen MR) is 111 cm³/mol. The third-order valence-electron chi connectivity index (χ3n) is 5.30. The highest BCUT2D eigenvalue weighted by atomic mass is 16.2. The number of rotatable bonds is 4. The average molecular weight is 388 g/mol. The molecule has 2 aromatic rings. The zero-order valence-electron chi connectivity index (χ0n) is 17.4. The lowest BCUT2D eigenvalue weighted by atomic mass is 9.92. The second kappa shape index (κ2) is 7.88. The van der Waals surface area contributed by atoms with Crippen molar-refractivity contribution in [1.29, 1.82) is 5.26 Å². The first-order valence-corrected chi connectivity index (χ1v) is 9.45. The number of aromatic nitrogens is 2. The second-order valence-corrected chi connectivity index (χ2v) is 7.54. The minimum absolute atomic E-state index is 0.0384. The molecule has 0 saturated carbocycles. The van der Waals surface area contributed by atoms with Gasteiger partial charge in [0, 0.05) is 36.7 Å². The second-order valence-electron chi connectivity index (χ2n) is 7.54. The number of nitrogens with zero attached hydrogens (tertiary/aromatic N) is 3. The molecule has 29 heavy (non-hydrogen) atoms. The molecule has 1 aliphatic rings. The first-order chi connectivity index (χ1) is 13.7. The summed E-state index contributed by atoms with van der Waals surface area (Å²) in [5.74, 6) is -0.267. The van der Waals surface area contributed by atoms with Crippen molar-refractivity contribution >= 4 is 11.7 Å². The summed E-state index contributed by atoms with van der Waals surface area (Å²) in [6, 6.07) is 5.50. The van der Waals surface area contributed by atoms with Crippen LogP contribution in [0.4, 0.5) is 0 Å². The Morgan fingerprint density at radius 1 is 1.28 bits per heavy atom. The molecule has 3 rings (SSSR count). The van der Waals surface area contributed by atoms with E-state index in [0.29, 0.717) is 23.1 Å². The van der Waals surface area contributed by atoms with Gasteiger partial charge in [0.15, 0.2) is 5.78 Å². The molecule has 1 N–H and O–H groups in total. The van der Waals surface area contributed by atoms with Gasteiger partial charge in [-0.25, -0.2) is 0 Å². The topological polar surface area (TPSA) is 87.8 Å². The summed E-state index contributed by atoms with van der Waals surface area (Å²) < 4.78 is 1.74. The Kier molecular flexibility index (Phi) is 5.51. The van der Waals surface area contributed by atoms with Crippen LogP contribution in [0.5, 0.6) is 0 Å².